The molecular formula is C20H15N3O3. The number of pyridine rings is 1. The number of anilines is 1. The first-order chi connectivity index (χ1) is 12.6. The van der Waals surface area contributed by atoms with Crippen molar-refractivity contribution in [3.63, 3.8) is 0 Å². The molecule has 1 aliphatic heterocycles. The lowest BCUT2D eigenvalue weighted by Gasteiger charge is -2.23. The van der Waals surface area contributed by atoms with Crippen LogP contribution in [0.3, 0.4) is 0 Å². The van der Waals surface area contributed by atoms with E-state index in [1.807, 2.05) is 36.4 Å². The van der Waals surface area contributed by atoms with Gasteiger partial charge < -0.3 is 4.90 Å². The Morgan fingerprint density at radius 3 is 2.50 bits per heavy atom. The van der Waals surface area contributed by atoms with Gasteiger partial charge in [0.1, 0.15) is 0 Å². The average molecular weight is 345 g/mol. The molecule has 0 bridgehead atoms. The number of rotatable bonds is 2. The third-order valence-corrected chi connectivity index (χ3v) is 4.52. The number of benzene rings is 2. The quantitative estimate of drug-likeness (QED) is 0.524. The zero-order valence-electron chi connectivity index (χ0n) is 13.8. The predicted octanol–water partition coefficient (Wildman–Crippen LogP) is 3.74. The first-order valence-electron chi connectivity index (χ1n) is 8.20. The van der Waals surface area contributed by atoms with Crippen LogP contribution >= 0.6 is 0 Å². The van der Waals surface area contributed by atoms with E-state index in [1.165, 1.54) is 24.3 Å². The highest BCUT2D eigenvalue weighted by atomic mass is 16.6. The molecule has 0 radical (unpaired) electrons. The molecule has 0 N–H and O–H groups in total. The first-order valence-corrected chi connectivity index (χ1v) is 8.20. The summed E-state index contributed by atoms with van der Waals surface area (Å²) in [4.78, 5) is 29.7. The summed E-state index contributed by atoms with van der Waals surface area (Å²) in [6, 6.07) is 17.3. The van der Waals surface area contributed by atoms with Gasteiger partial charge in [0.2, 0.25) is 0 Å². The van der Waals surface area contributed by atoms with Crippen LogP contribution in [0, 0.1) is 10.1 Å². The van der Waals surface area contributed by atoms with Gasteiger partial charge in [-0.05, 0) is 35.4 Å². The molecule has 128 valence electrons. The second-order valence-electron chi connectivity index (χ2n) is 6.11. The molecule has 0 unspecified atom stereocenters. The number of hydrogen-bond donors (Lipinski definition) is 0. The van der Waals surface area contributed by atoms with Crippen LogP contribution in [0.4, 0.5) is 11.4 Å². The van der Waals surface area contributed by atoms with E-state index in [9.17, 15) is 14.9 Å². The number of fused-ring (bicyclic) bond motifs is 2. The fraction of sp³-hybridized carbons (Fsp3) is 0.100. The van der Waals surface area contributed by atoms with Gasteiger partial charge in [-0.1, -0.05) is 24.3 Å². The van der Waals surface area contributed by atoms with Crippen LogP contribution in [-0.2, 0) is 13.0 Å². The number of carbonyl (C=O) groups excluding carboxylic acids is 1. The SMILES string of the molecule is O=C(c1ccc([N+](=O)[O-])cc1)N1Cc2cccnc2Cc2ccccc21. The van der Waals surface area contributed by atoms with Crippen molar-refractivity contribution in [1.82, 2.24) is 4.98 Å². The zero-order valence-corrected chi connectivity index (χ0v) is 13.8. The van der Waals surface area contributed by atoms with Crippen molar-refractivity contribution in [2.45, 2.75) is 13.0 Å². The van der Waals surface area contributed by atoms with Gasteiger partial charge in [-0.15, -0.1) is 0 Å². The molecule has 6 nitrogen and oxygen atoms in total. The number of nitro benzene ring substituents is 1. The zero-order chi connectivity index (χ0) is 18.1. The molecule has 1 aliphatic rings. The van der Waals surface area contributed by atoms with Crippen LogP contribution in [-0.4, -0.2) is 15.8 Å². The van der Waals surface area contributed by atoms with Crippen LogP contribution in [0.2, 0.25) is 0 Å². The number of nitrogens with zero attached hydrogens (tertiary/aromatic N) is 3. The maximum absolute atomic E-state index is 13.1. The van der Waals surface area contributed by atoms with E-state index in [1.54, 1.807) is 11.1 Å². The molecule has 0 atom stereocenters. The number of non-ortho nitro benzene ring substituents is 1. The molecule has 1 aromatic heterocycles. The number of aromatic nitrogens is 1. The maximum atomic E-state index is 13.1. The average Bonchev–Trinajstić information content (AvgIpc) is 2.84. The van der Waals surface area contributed by atoms with Crippen molar-refractivity contribution in [3.8, 4) is 0 Å². The summed E-state index contributed by atoms with van der Waals surface area (Å²) in [5.41, 5.74) is 4.21. The van der Waals surface area contributed by atoms with Gasteiger partial charge in [0.05, 0.1) is 11.5 Å². The molecule has 3 aromatic rings. The van der Waals surface area contributed by atoms with E-state index >= 15 is 0 Å². The summed E-state index contributed by atoms with van der Waals surface area (Å²) >= 11 is 0. The van der Waals surface area contributed by atoms with E-state index in [2.05, 4.69) is 4.98 Å². The van der Waals surface area contributed by atoms with E-state index in [0.717, 1.165) is 22.5 Å². The predicted molar refractivity (Wildman–Crippen MR) is 97.1 cm³/mol. The fourth-order valence-electron chi connectivity index (χ4n) is 3.20. The lowest BCUT2D eigenvalue weighted by atomic mass is 10.1. The highest BCUT2D eigenvalue weighted by molar-refractivity contribution is 6.06. The fourth-order valence-corrected chi connectivity index (χ4v) is 3.20. The summed E-state index contributed by atoms with van der Waals surface area (Å²) in [6.45, 7) is 0.413. The summed E-state index contributed by atoms with van der Waals surface area (Å²) in [5, 5.41) is 10.8. The number of hydrogen-bond acceptors (Lipinski definition) is 4. The molecular weight excluding hydrogens is 330 g/mol. The van der Waals surface area contributed by atoms with E-state index < -0.39 is 4.92 Å². The summed E-state index contributed by atoms with van der Waals surface area (Å²) < 4.78 is 0. The van der Waals surface area contributed by atoms with E-state index in [-0.39, 0.29) is 11.6 Å². The number of amides is 1. The summed E-state index contributed by atoms with van der Waals surface area (Å²) in [5.74, 6) is -0.191. The summed E-state index contributed by atoms with van der Waals surface area (Å²) in [7, 11) is 0. The molecule has 6 heteroatoms. The monoisotopic (exact) mass is 345 g/mol. The second-order valence-corrected chi connectivity index (χ2v) is 6.11. The van der Waals surface area contributed by atoms with Crippen molar-refractivity contribution < 1.29 is 9.72 Å². The molecule has 2 aromatic carbocycles. The van der Waals surface area contributed by atoms with Gasteiger partial charge in [-0.2, -0.15) is 0 Å². The Balaban J connectivity index is 1.76. The van der Waals surface area contributed by atoms with Gasteiger partial charge in [-0.3, -0.25) is 19.9 Å². The number of carbonyl (C=O) groups is 1. The van der Waals surface area contributed by atoms with Gasteiger partial charge in [0, 0.05) is 41.7 Å². The topological polar surface area (TPSA) is 76.3 Å². The van der Waals surface area contributed by atoms with Gasteiger partial charge in [0.15, 0.2) is 0 Å². The van der Waals surface area contributed by atoms with Crippen LogP contribution in [0.1, 0.15) is 27.2 Å². The second kappa shape index (κ2) is 6.40. The highest BCUT2D eigenvalue weighted by Gasteiger charge is 2.25. The Hall–Kier alpha value is -3.54. The summed E-state index contributed by atoms with van der Waals surface area (Å²) in [6.07, 6.45) is 2.42. The largest absolute Gasteiger partial charge is 0.304 e. The van der Waals surface area contributed by atoms with Crippen LogP contribution < -0.4 is 4.90 Å². The Bertz CT molecular complexity index is 999. The smallest absolute Gasteiger partial charge is 0.269 e. The van der Waals surface area contributed by atoms with Crippen molar-refractivity contribution >= 4 is 17.3 Å². The Morgan fingerprint density at radius 1 is 1.00 bits per heavy atom. The maximum Gasteiger partial charge on any atom is 0.269 e. The first kappa shape index (κ1) is 16.0. The van der Waals surface area contributed by atoms with Crippen LogP contribution in [0.5, 0.6) is 0 Å². The van der Waals surface area contributed by atoms with Gasteiger partial charge in [0.25, 0.3) is 11.6 Å². The molecule has 0 saturated heterocycles. The molecule has 2 heterocycles. The number of para-hydroxylation sites is 1. The molecule has 1 amide bonds. The van der Waals surface area contributed by atoms with Crippen molar-refractivity contribution in [2.24, 2.45) is 0 Å². The minimum atomic E-state index is -0.475. The molecule has 0 fully saturated rings. The molecule has 26 heavy (non-hydrogen) atoms. The van der Waals surface area contributed by atoms with Crippen molar-refractivity contribution in [2.75, 3.05) is 4.90 Å². The normalized spacial score (nSPS) is 12.7. The molecule has 0 spiro atoms. The third kappa shape index (κ3) is 2.82. The standard InChI is InChI=1S/C20H15N3O3/c24-20(14-7-9-17(10-8-14)23(25)26)22-13-16-5-3-11-21-18(16)12-15-4-1-2-6-19(15)22/h1-11H,12-13H2. The lowest BCUT2D eigenvalue weighted by Crippen LogP contribution is -2.30. The Kier molecular flexibility index (Phi) is 3.93. The molecule has 0 saturated carbocycles. The third-order valence-electron chi connectivity index (χ3n) is 4.52. The van der Waals surface area contributed by atoms with Crippen molar-refractivity contribution in [1.29, 1.82) is 0 Å². The van der Waals surface area contributed by atoms with Crippen LogP contribution in [0.25, 0.3) is 0 Å². The van der Waals surface area contributed by atoms with E-state index in [0.29, 0.717) is 18.5 Å². The lowest BCUT2D eigenvalue weighted by molar-refractivity contribution is -0.384. The van der Waals surface area contributed by atoms with Gasteiger partial charge in [-0.25, -0.2) is 0 Å². The van der Waals surface area contributed by atoms with E-state index in [4.69, 9.17) is 0 Å². The van der Waals surface area contributed by atoms with Crippen LogP contribution in [0.15, 0.2) is 66.9 Å². The molecule has 0 aliphatic carbocycles. The highest BCUT2D eigenvalue weighted by Crippen LogP contribution is 2.31. The van der Waals surface area contributed by atoms with Crippen molar-refractivity contribution in [3.05, 3.63) is 99.4 Å². The minimum absolute atomic E-state index is 0.0348. The Morgan fingerprint density at radius 2 is 1.73 bits per heavy atom. The van der Waals surface area contributed by atoms with Gasteiger partial charge >= 0.3 is 0 Å². The minimum Gasteiger partial charge on any atom is -0.304 e. The Labute approximate surface area is 149 Å². The molecule has 4 rings (SSSR count). The number of nitro groups is 1.